The lowest BCUT2D eigenvalue weighted by Gasteiger charge is -2.38. The first kappa shape index (κ1) is 20.2. The van der Waals surface area contributed by atoms with Crippen molar-refractivity contribution >= 4 is 27.5 Å². The predicted molar refractivity (Wildman–Crippen MR) is 114 cm³/mol. The summed E-state index contributed by atoms with van der Waals surface area (Å²) in [6, 6.07) is 3.77. The molecule has 31 heavy (non-hydrogen) atoms. The summed E-state index contributed by atoms with van der Waals surface area (Å²) in [5.74, 6) is -3.10. The molecule has 1 aliphatic heterocycles. The van der Waals surface area contributed by atoms with E-state index in [0.717, 1.165) is 15.9 Å². The van der Waals surface area contributed by atoms with Gasteiger partial charge in [-0.25, -0.2) is 18.7 Å². The quantitative estimate of drug-likeness (QED) is 0.661. The van der Waals surface area contributed by atoms with Gasteiger partial charge in [0.25, 0.3) is 11.5 Å². The second kappa shape index (κ2) is 7.19. The van der Waals surface area contributed by atoms with Crippen LogP contribution in [0.5, 0.6) is 0 Å². The van der Waals surface area contributed by atoms with Crippen molar-refractivity contribution in [2.75, 3.05) is 0 Å². The third-order valence-corrected chi connectivity index (χ3v) is 7.29. The van der Waals surface area contributed by atoms with Crippen molar-refractivity contribution in [3.05, 3.63) is 56.7 Å². The minimum absolute atomic E-state index is 0.0542. The van der Waals surface area contributed by atoms with Crippen molar-refractivity contribution in [2.45, 2.75) is 63.5 Å². The van der Waals surface area contributed by atoms with Gasteiger partial charge in [0.15, 0.2) is 0 Å². The number of amides is 1. The largest absolute Gasteiger partial charge is 0.327 e. The van der Waals surface area contributed by atoms with E-state index < -0.39 is 11.6 Å². The van der Waals surface area contributed by atoms with Crippen LogP contribution in [-0.2, 0) is 18.5 Å². The Kier molecular flexibility index (Phi) is 4.69. The number of nitrogens with zero attached hydrogens (tertiary/aromatic N) is 3. The molecule has 0 atom stereocenters. The van der Waals surface area contributed by atoms with Gasteiger partial charge < -0.3 is 5.32 Å². The number of hydrogen-bond donors (Lipinski definition) is 1. The van der Waals surface area contributed by atoms with Crippen molar-refractivity contribution < 1.29 is 13.6 Å². The highest BCUT2D eigenvalue weighted by Crippen LogP contribution is 2.43. The number of aromatic nitrogens is 3. The molecule has 6 nitrogen and oxygen atoms in total. The van der Waals surface area contributed by atoms with Crippen LogP contribution in [0, 0.1) is 6.92 Å². The number of carbonyl (C=O) groups is 1. The van der Waals surface area contributed by atoms with E-state index in [2.05, 4.69) is 15.3 Å². The molecule has 0 saturated heterocycles. The number of carbonyl (C=O) groups excluding carboxylic acids is 1. The molecule has 2 aliphatic rings. The molecule has 9 heteroatoms. The van der Waals surface area contributed by atoms with Gasteiger partial charge in [-0.15, -0.1) is 11.3 Å². The highest BCUT2D eigenvalue weighted by molar-refractivity contribution is 7.16. The Labute approximate surface area is 181 Å². The number of halogens is 2. The molecular formula is C22H22F2N4O2S. The van der Waals surface area contributed by atoms with E-state index in [9.17, 15) is 18.4 Å². The number of hydrogen-bond acceptors (Lipinski definition) is 5. The maximum Gasteiger partial charge on any atom is 0.270 e. The first-order valence-corrected chi connectivity index (χ1v) is 11.3. The molecule has 0 radical (unpaired) electrons. The molecule has 3 aromatic rings. The van der Waals surface area contributed by atoms with Crippen LogP contribution in [0.1, 0.15) is 59.4 Å². The van der Waals surface area contributed by atoms with Gasteiger partial charge in [0.1, 0.15) is 22.5 Å². The summed E-state index contributed by atoms with van der Waals surface area (Å²) in [6.07, 6.45) is 2.92. The predicted octanol–water partition coefficient (Wildman–Crippen LogP) is 3.94. The highest BCUT2D eigenvalue weighted by Gasteiger charge is 2.50. The fourth-order valence-corrected chi connectivity index (χ4v) is 5.63. The van der Waals surface area contributed by atoms with Crippen LogP contribution in [0.3, 0.4) is 0 Å². The van der Waals surface area contributed by atoms with E-state index in [0.29, 0.717) is 36.1 Å². The summed E-state index contributed by atoms with van der Waals surface area (Å²) in [4.78, 5) is 35.6. The summed E-state index contributed by atoms with van der Waals surface area (Å²) in [5, 5.41) is 5.87. The van der Waals surface area contributed by atoms with E-state index in [1.54, 1.807) is 30.7 Å². The van der Waals surface area contributed by atoms with Gasteiger partial charge in [-0.1, -0.05) is 0 Å². The minimum atomic E-state index is -2.75. The van der Waals surface area contributed by atoms with E-state index in [1.807, 2.05) is 11.4 Å². The Balaban J connectivity index is 1.43. The number of aryl methyl sites for hydroxylation is 3. The molecule has 1 N–H and O–H groups in total. The zero-order valence-electron chi connectivity index (χ0n) is 17.1. The summed E-state index contributed by atoms with van der Waals surface area (Å²) in [6.45, 7) is 1.80. The molecule has 0 aromatic carbocycles. The average Bonchev–Trinajstić information content (AvgIpc) is 3.32. The van der Waals surface area contributed by atoms with Gasteiger partial charge in [0.2, 0.25) is 5.92 Å². The lowest BCUT2D eigenvalue weighted by molar-refractivity contribution is -0.0668. The monoisotopic (exact) mass is 444 g/mol. The zero-order valence-corrected chi connectivity index (χ0v) is 17.9. The molecule has 3 aromatic heterocycles. The molecule has 1 amide bonds. The number of fused-ring (bicyclic) bond motifs is 3. The molecule has 1 aliphatic carbocycles. The fraction of sp³-hybridized carbons (Fsp3) is 0.455. The first-order valence-electron chi connectivity index (χ1n) is 10.4. The summed E-state index contributed by atoms with van der Waals surface area (Å²) >= 11 is 1.56. The van der Waals surface area contributed by atoms with E-state index in [4.69, 9.17) is 0 Å². The van der Waals surface area contributed by atoms with Crippen LogP contribution >= 0.6 is 11.3 Å². The molecule has 1 saturated carbocycles. The van der Waals surface area contributed by atoms with Crippen molar-refractivity contribution in [1.29, 1.82) is 0 Å². The number of pyridine rings is 1. The van der Waals surface area contributed by atoms with Crippen LogP contribution in [0.25, 0.3) is 10.2 Å². The lowest BCUT2D eigenvalue weighted by atomic mass is 9.86. The van der Waals surface area contributed by atoms with Crippen LogP contribution in [0.4, 0.5) is 8.78 Å². The van der Waals surface area contributed by atoms with Gasteiger partial charge >= 0.3 is 0 Å². The zero-order chi connectivity index (χ0) is 21.8. The number of thiophene rings is 1. The molecule has 1 fully saturated rings. The van der Waals surface area contributed by atoms with Crippen molar-refractivity contribution in [1.82, 2.24) is 19.9 Å². The van der Waals surface area contributed by atoms with Crippen LogP contribution in [-0.4, -0.2) is 26.4 Å². The second-order valence-electron chi connectivity index (χ2n) is 8.50. The van der Waals surface area contributed by atoms with E-state index >= 15 is 0 Å². The van der Waals surface area contributed by atoms with Crippen molar-refractivity contribution in [3.8, 4) is 0 Å². The van der Waals surface area contributed by atoms with Crippen molar-refractivity contribution in [3.63, 3.8) is 0 Å². The van der Waals surface area contributed by atoms with E-state index in [-0.39, 0.29) is 37.1 Å². The molecule has 4 heterocycles. The standard InChI is InChI=1S/C22H22F2N4O2S/c1-13-11-14(3-2-4-16-15-5-10-31-19(15)26-12-25-16)20(30)28-17(13)18(29)27-22(28)8-6-21(23,24)7-9-22/h5,10-12H,2-4,6-9H2,1H3,(H,27,29). The topological polar surface area (TPSA) is 76.9 Å². The van der Waals surface area contributed by atoms with Crippen LogP contribution in [0.2, 0.25) is 0 Å². The number of rotatable bonds is 4. The van der Waals surface area contributed by atoms with Gasteiger partial charge in [-0.05, 0) is 62.1 Å². The molecule has 0 unspecified atom stereocenters. The minimum Gasteiger partial charge on any atom is -0.327 e. The van der Waals surface area contributed by atoms with Crippen LogP contribution < -0.4 is 10.9 Å². The number of alkyl halides is 2. The molecule has 0 bridgehead atoms. The van der Waals surface area contributed by atoms with Crippen LogP contribution in [0.15, 0.2) is 28.6 Å². The Morgan fingerprint density at radius 1 is 1.16 bits per heavy atom. The van der Waals surface area contributed by atoms with Gasteiger partial charge in [-0.3, -0.25) is 14.2 Å². The summed E-state index contributed by atoms with van der Waals surface area (Å²) < 4.78 is 29.0. The molecule has 162 valence electrons. The average molecular weight is 445 g/mol. The Hall–Kier alpha value is -2.68. The normalized spacial score (nSPS) is 19.0. The van der Waals surface area contributed by atoms with Gasteiger partial charge in [-0.2, -0.15) is 0 Å². The third kappa shape index (κ3) is 3.35. The fourth-order valence-electron chi connectivity index (χ4n) is 4.87. The maximum absolute atomic E-state index is 13.8. The van der Waals surface area contributed by atoms with E-state index in [1.165, 1.54) is 4.57 Å². The number of nitrogens with one attached hydrogen (secondary N) is 1. The Morgan fingerprint density at radius 3 is 2.71 bits per heavy atom. The molecule has 1 spiro atoms. The molecular weight excluding hydrogens is 422 g/mol. The molecule has 5 rings (SSSR count). The maximum atomic E-state index is 13.8. The van der Waals surface area contributed by atoms with Crippen molar-refractivity contribution in [2.24, 2.45) is 0 Å². The Morgan fingerprint density at radius 2 is 1.94 bits per heavy atom. The first-order chi connectivity index (χ1) is 14.8. The lowest BCUT2D eigenvalue weighted by Crippen LogP contribution is -2.51. The third-order valence-electron chi connectivity index (χ3n) is 6.47. The second-order valence-corrected chi connectivity index (χ2v) is 9.39. The smallest absolute Gasteiger partial charge is 0.270 e. The Bertz CT molecular complexity index is 1240. The summed E-state index contributed by atoms with van der Waals surface area (Å²) in [5.41, 5.74) is 1.25. The highest BCUT2D eigenvalue weighted by atomic mass is 32.1. The SMILES string of the molecule is Cc1cc(CCCc2ncnc3sccc23)c(=O)n2c1C(=O)NC21CCC(F)(F)CC1. The van der Waals surface area contributed by atoms with Gasteiger partial charge in [0, 0.05) is 23.8 Å². The van der Waals surface area contributed by atoms with Gasteiger partial charge in [0.05, 0.1) is 5.69 Å². The summed E-state index contributed by atoms with van der Waals surface area (Å²) in [7, 11) is 0.